The van der Waals surface area contributed by atoms with Crippen LogP contribution in [0.2, 0.25) is 0 Å². The molecule has 0 spiro atoms. The van der Waals surface area contributed by atoms with Gasteiger partial charge < -0.3 is 24.3 Å². The average molecular weight is 1170 g/mol. The molecule has 5 nitrogen and oxygen atoms in total. The van der Waals surface area contributed by atoms with Crippen molar-refractivity contribution in [3.8, 4) is 0 Å². The van der Waals surface area contributed by atoms with Crippen LogP contribution in [0.5, 0.6) is 0 Å². The quantitative estimate of drug-likeness (QED) is 0.120. The van der Waals surface area contributed by atoms with Crippen molar-refractivity contribution in [3.05, 3.63) is 27.0 Å². The van der Waals surface area contributed by atoms with Gasteiger partial charge in [0.05, 0.1) is 28.2 Å². The molecule has 68 heavy (non-hydrogen) atoms. The SMILES string of the molecule is C.C.C.C.CC(C)(C)C(C)(C)C.CC(C)(C)O[C@@H]1CC[C@H]1OC(C)(C)C.CC(C)C/C=C/C(F)(F)C(C)C.CC(C)NS(=O)(=O)C1(C)CC1.CCC(C)C.CCC(C)C.CCC(C)C.[B].[CH3-].[CH3-].[W+2]. The van der Waals surface area contributed by atoms with Crippen LogP contribution in [0.25, 0.3) is 0 Å². The van der Waals surface area contributed by atoms with Crippen molar-refractivity contribution in [1.29, 1.82) is 0 Å². The number of hydrogen-bond donors (Lipinski definition) is 1. The molecular weight excluding hydrogens is 1040 g/mol. The number of allylic oxidation sites excluding steroid dienone is 2. The number of rotatable bonds is 12. The largest absolute Gasteiger partial charge is 2.00 e. The van der Waals surface area contributed by atoms with Crippen molar-refractivity contribution in [3.63, 3.8) is 0 Å². The van der Waals surface area contributed by atoms with Crippen LogP contribution in [0, 0.1) is 55.3 Å². The molecule has 2 aliphatic rings. The van der Waals surface area contributed by atoms with E-state index in [4.69, 9.17) is 9.47 Å². The molecular formula is C58H133BF2NO4SW. The fourth-order valence-corrected chi connectivity index (χ4v) is 4.75. The molecule has 0 aromatic heterocycles. The van der Waals surface area contributed by atoms with E-state index in [0.717, 1.165) is 55.9 Å². The van der Waals surface area contributed by atoms with Crippen molar-refractivity contribution in [2.75, 3.05) is 0 Å². The van der Waals surface area contributed by atoms with Crippen LogP contribution in [0.1, 0.15) is 275 Å². The van der Waals surface area contributed by atoms with Gasteiger partial charge in [-0.25, -0.2) is 21.9 Å². The normalized spacial score (nSPS) is 15.7. The van der Waals surface area contributed by atoms with Gasteiger partial charge in [0.25, 0.3) is 5.92 Å². The third-order valence-corrected chi connectivity index (χ3v) is 13.1. The Kier molecular flexibility index (Phi) is 69.8. The van der Waals surface area contributed by atoms with Crippen molar-refractivity contribution < 1.29 is 47.7 Å². The first-order valence-corrected chi connectivity index (χ1v) is 25.4. The van der Waals surface area contributed by atoms with Crippen LogP contribution in [0.3, 0.4) is 0 Å². The molecule has 0 aromatic carbocycles. The Morgan fingerprint density at radius 3 is 0.971 bits per heavy atom. The van der Waals surface area contributed by atoms with E-state index >= 15 is 0 Å². The molecule has 2 saturated carbocycles. The zero-order valence-corrected chi connectivity index (χ0v) is 52.5. The Morgan fingerprint density at radius 2 is 0.838 bits per heavy atom. The summed E-state index contributed by atoms with van der Waals surface area (Å²) in [6, 6.07) is 0.0115. The van der Waals surface area contributed by atoms with Crippen LogP contribution < -0.4 is 4.72 Å². The van der Waals surface area contributed by atoms with Crippen molar-refractivity contribution in [2.45, 2.75) is 315 Å². The molecule has 0 amide bonds. The standard InChI is InChI=1S/C12H24O2.C10H18F2.C8H18.C7H15NO2S.3C5H12.4CH4.2CH3.B.W/c1-11(2,3)13-9-7-8-10(9)14-12(4,5)6;1-8(2)6-5-7-10(11,12)9(3)4;1-7(2,3)8(4,5)6;1-6(2)8-11(9,10)7(3)4-5-7;3*1-4-5(2)3;;;;;;;;/h9-10H,7-8H2,1-6H3;5,7-9H,6H2,1-4H3;1-6H3;6,8H,4-5H2,1-3H3;3*5H,4H2,1-3H3;4*1H4;2*1H3;;/q;;;;;;;;;;;2*-1;;+2/b;7-5+;;;;;;;;;;;;;/t9-,10-;;;;;;;;;;;;;;/m1............../s1. The maximum absolute atomic E-state index is 12.9. The van der Waals surface area contributed by atoms with Gasteiger partial charge in [-0.05, 0) is 135 Å². The van der Waals surface area contributed by atoms with E-state index < -0.39 is 26.6 Å². The van der Waals surface area contributed by atoms with E-state index in [2.05, 4.69) is 150 Å². The molecule has 2 atom stereocenters. The van der Waals surface area contributed by atoms with E-state index in [-0.39, 0.29) is 91.3 Å². The predicted molar refractivity (Wildman–Crippen MR) is 311 cm³/mol. The monoisotopic (exact) mass is 1170 g/mol. The Hall–Kier alpha value is 0.183. The van der Waals surface area contributed by atoms with Crippen molar-refractivity contribution in [2.24, 2.45) is 40.4 Å². The first-order chi connectivity index (χ1) is 26.5. The van der Waals surface area contributed by atoms with Crippen molar-refractivity contribution in [1.82, 2.24) is 4.72 Å². The molecule has 0 aliphatic heterocycles. The van der Waals surface area contributed by atoms with Gasteiger partial charge in [0.1, 0.15) is 0 Å². The Balaban J connectivity index is -0.0000000478. The summed E-state index contributed by atoms with van der Waals surface area (Å²) in [5.74, 6) is -0.153. The van der Waals surface area contributed by atoms with Gasteiger partial charge in [0, 0.05) is 20.4 Å². The fraction of sp³-hybridized carbons (Fsp3) is 0.931. The Bertz CT molecular complexity index is 1110. The summed E-state index contributed by atoms with van der Waals surface area (Å²) >= 11 is 0. The molecule has 10 heteroatoms. The smallest absolute Gasteiger partial charge is 0.370 e. The molecule has 3 radical (unpaired) electrons. The van der Waals surface area contributed by atoms with Gasteiger partial charge in [0.2, 0.25) is 10.0 Å². The molecule has 2 fully saturated rings. The minimum Gasteiger partial charge on any atom is -0.370 e. The number of sulfonamides is 1. The van der Waals surface area contributed by atoms with Gasteiger partial charge in [-0.3, -0.25) is 0 Å². The molecule has 0 saturated heterocycles. The third kappa shape index (κ3) is 64.2. The molecule has 2 rings (SSSR count). The maximum Gasteiger partial charge on any atom is 2.00 e. The summed E-state index contributed by atoms with van der Waals surface area (Å²) in [5, 5.41) is 0. The number of nitrogens with one attached hydrogen (secondary N) is 1. The molecule has 0 unspecified atom stereocenters. The van der Waals surface area contributed by atoms with E-state index in [1.807, 2.05) is 27.7 Å². The molecule has 0 heterocycles. The van der Waals surface area contributed by atoms with E-state index in [0.29, 0.717) is 29.0 Å². The topological polar surface area (TPSA) is 64.6 Å². The zero-order valence-electron chi connectivity index (χ0n) is 48.7. The summed E-state index contributed by atoms with van der Waals surface area (Å²) in [4.78, 5) is 0. The number of alkyl halides is 2. The number of halogens is 2. The minimum atomic E-state index is -3.04. The molecule has 0 bridgehead atoms. The first-order valence-electron chi connectivity index (χ1n) is 23.9. The van der Waals surface area contributed by atoms with Crippen molar-refractivity contribution >= 4 is 18.4 Å². The van der Waals surface area contributed by atoms with E-state index in [1.165, 1.54) is 33.1 Å². The molecule has 423 valence electrons. The van der Waals surface area contributed by atoms with Gasteiger partial charge in [-0.15, -0.1) is 0 Å². The molecule has 2 aliphatic carbocycles. The summed E-state index contributed by atoms with van der Waals surface area (Å²) in [5.41, 5.74) is 0.773. The van der Waals surface area contributed by atoms with E-state index in [9.17, 15) is 17.2 Å². The van der Waals surface area contributed by atoms with Crippen LogP contribution in [-0.2, 0) is 40.6 Å². The summed E-state index contributed by atoms with van der Waals surface area (Å²) in [6.45, 7) is 58.7. The number of ether oxygens (including phenoxy) is 2. The van der Waals surface area contributed by atoms with Crippen LogP contribution >= 0.6 is 0 Å². The predicted octanol–water partition coefficient (Wildman–Crippen LogP) is 20.2. The van der Waals surface area contributed by atoms with Gasteiger partial charge in [0.15, 0.2) is 0 Å². The Morgan fingerprint density at radius 1 is 0.588 bits per heavy atom. The van der Waals surface area contributed by atoms with Crippen LogP contribution in [0.4, 0.5) is 8.78 Å². The second-order valence-corrected chi connectivity index (χ2v) is 25.8. The van der Waals surface area contributed by atoms with Crippen LogP contribution in [0.15, 0.2) is 12.2 Å². The van der Waals surface area contributed by atoms with Crippen LogP contribution in [-0.4, -0.2) is 57.0 Å². The van der Waals surface area contributed by atoms with E-state index in [1.54, 1.807) is 13.0 Å². The summed E-state index contributed by atoms with van der Waals surface area (Å²) in [6.07, 6.45) is 11.7. The van der Waals surface area contributed by atoms with Gasteiger partial charge in [-0.2, -0.15) is 0 Å². The third-order valence-electron chi connectivity index (χ3n) is 10.6. The molecule has 0 aromatic rings. The molecule has 1 N–H and O–H groups in total. The van der Waals surface area contributed by atoms with Gasteiger partial charge >= 0.3 is 21.1 Å². The zero-order chi connectivity index (χ0) is 49.3. The minimum absolute atomic E-state index is 0. The maximum atomic E-state index is 12.9. The van der Waals surface area contributed by atoms with Gasteiger partial charge in [-0.1, -0.05) is 187 Å². The Labute approximate surface area is 450 Å². The summed E-state index contributed by atoms with van der Waals surface area (Å²) < 4.78 is 62.6. The second-order valence-electron chi connectivity index (χ2n) is 23.6. The first kappa shape index (κ1) is 101. The number of hydrogen-bond acceptors (Lipinski definition) is 4. The second kappa shape index (κ2) is 46.9. The summed E-state index contributed by atoms with van der Waals surface area (Å²) in [7, 11) is -3.04. The fourth-order valence-electron chi connectivity index (χ4n) is 3.20. The average Bonchev–Trinajstić information content (AvgIpc) is 3.80.